The fourth-order valence-corrected chi connectivity index (χ4v) is 1.86. The summed E-state index contributed by atoms with van der Waals surface area (Å²) in [7, 11) is 0. The highest BCUT2D eigenvalue weighted by molar-refractivity contribution is 7.80. The van der Waals surface area contributed by atoms with Crippen LogP contribution in [0.1, 0.15) is 25.3 Å². The first kappa shape index (κ1) is 15.5. The van der Waals surface area contributed by atoms with Crippen LogP contribution in [0.15, 0.2) is 18.2 Å². The standard InChI is InChI=1S/C13H16F2N2OS/c1-2-10(7-12(16)19)17-13(18)5-8-3-4-9(14)6-11(8)15/h3-4,6,10H,2,5,7H2,1H3,(H2,16,19)(H,17,18). The lowest BCUT2D eigenvalue weighted by atomic mass is 10.1. The maximum absolute atomic E-state index is 13.4. The molecule has 0 saturated heterocycles. The average molecular weight is 286 g/mol. The molecule has 0 aliphatic carbocycles. The Balaban J connectivity index is 2.61. The number of nitrogens with two attached hydrogens (primary N) is 1. The summed E-state index contributed by atoms with van der Waals surface area (Å²) in [5, 5.41) is 2.72. The van der Waals surface area contributed by atoms with Gasteiger partial charge in [-0.3, -0.25) is 4.79 Å². The van der Waals surface area contributed by atoms with Gasteiger partial charge in [0.15, 0.2) is 0 Å². The molecule has 104 valence electrons. The summed E-state index contributed by atoms with van der Waals surface area (Å²) in [5.74, 6) is -1.73. The topological polar surface area (TPSA) is 55.1 Å². The molecule has 1 aromatic rings. The van der Waals surface area contributed by atoms with Crippen LogP contribution in [0.5, 0.6) is 0 Å². The van der Waals surface area contributed by atoms with Crippen LogP contribution in [0, 0.1) is 11.6 Å². The molecule has 0 heterocycles. The minimum atomic E-state index is -0.724. The van der Waals surface area contributed by atoms with Crippen LogP contribution in [0.4, 0.5) is 8.78 Å². The lowest BCUT2D eigenvalue weighted by molar-refractivity contribution is -0.121. The second-order valence-corrected chi connectivity index (χ2v) is 4.78. The second-order valence-electron chi connectivity index (χ2n) is 4.26. The number of thiocarbonyl (C=S) groups is 1. The van der Waals surface area contributed by atoms with E-state index in [0.29, 0.717) is 17.8 Å². The predicted octanol–water partition coefficient (Wildman–Crippen LogP) is 2.08. The molecule has 1 aromatic carbocycles. The van der Waals surface area contributed by atoms with E-state index in [1.54, 1.807) is 0 Å². The van der Waals surface area contributed by atoms with E-state index in [4.69, 9.17) is 18.0 Å². The van der Waals surface area contributed by atoms with Crippen LogP contribution >= 0.6 is 12.2 Å². The van der Waals surface area contributed by atoms with Gasteiger partial charge in [0, 0.05) is 18.5 Å². The smallest absolute Gasteiger partial charge is 0.224 e. The van der Waals surface area contributed by atoms with Gasteiger partial charge in [0.1, 0.15) is 11.6 Å². The highest BCUT2D eigenvalue weighted by Crippen LogP contribution is 2.10. The van der Waals surface area contributed by atoms with E-state index in [2.05, 4.69) is 5.32 Å². The molecular formula is C13H16F2N2OS. The van der Waals surface area contributed by atoms with Crippen LogP contribution in [0.25, 0.3) is 0 Å². The molecule has 19 heavy (non-hydrogen) atoms. The zero-order valence-corrected chi connectivity index (χ0v) is 11.4. The van der Waals surface area contributed by atoms with Crippen molar-refractivity contribution in [3.05, 3.63) is 35.4 Å². The number of carbonyl (C=O) groups excluding carboxylic acids is 1. The Hall–Kier alpha value is -1.56. The zero-order chi connectivity index (χ0) is 14.4. The number of hydrogen-bond donors (Lipinski definition) is 2. The Morgan fingerprint density at radius 1 is 1.47 bits per heavy atom. The van der Waals surface area contributed by atoms with Crippen molar-refractivity contribution in [3.8, 4) is 0 Å². The van der Waals surface area contributed by atoms with E-state index in [0.717, 1.165) is 12.1 Å². The van der Waals surface area contributed by atoms with Crippen molar-refractivity contribution in [2.75, 3.05) is 0 Å². The van der Waals surface area contributed by atoms with E-state index >= 15 is 0 Å². The van der Waals surface area contributed by atoms with E-state index < -0.39 is 11.6 Å². The molecule has 6 heteroatoms. The first-order valence-electron chi connectivity index (χ1n) is 5.94. The molecule has 1 unspecified atom stereocenters. The minimum absolute atomic E-state index is 0.139. The Kier molecular flexibility index (Phi) is 5.82. The lowest BCUT2D eigenvalue weighted by Gasteiger charge is -2.16. The maximum atomic E-state index is 13.4. The van der Waals surface area contributed by atoms with Crippen LogP contribution in [-0.4, -0.2) is 16.9 Å². The maximum Gasteiger partial charge on any atom is 0.224 e. The number of amides is 1. The molecule has 0 saturated carbocycles. The Labute approximate surface area is 116 Å². The number of hydrogen-bond acceptors (Lipinski definition) is 2. The number of benzene rings is 1. The van der Waals surface area contributed by atoms with Crippen molar-refractivity contribution >= 4 is 23.1 Å². The summed E-state index contributed by atoms with van der Waals surface area (Å²) in [6.45, 7) is 1.89. The predicted molar refractivity (Wildman–Crippen MR) is 73.7 cm³/mol. The van der Waals surface area contributed by atoms with Gasteiger partial charge in [-0.2, -0.15) is 0 Å². The van der Waals surface area contributed by atoms with Crippen molar-refractivity contribution in [1.82, 2.24) is 5.32 Å². The molecule has 1 atom stereocenters. The van der Waals surface area contributed by atoms with Crippen LogP contribution in [0.2, 0.25) is 0 Å². The van der Waals surface area contributed by atoms with E-state index in [-0.39, 0.29) is 23.9 Å². The van der Waals surface area contributed by atoms with Crippen molar-refractivity contribution in [1.29, 1.82) is 0 Å². The first-order chi connectivity index (χ1) is 8.92. The summed E-state index contributed by atoms with van der Waals surface area (Å²) in [6, 6.07) is 2.99. The molecule has 1 rings (SSSR count). The van der Waals surface area contributed by atoms with E-state index in [9.17, 15) is 13.6 Å². The summed E-state index contributed by atoms with van der Waals surface area (Å²) in [4.78, 5) is 12.1. The fraction of sp³-hybridized carbons (Fsp3) is 0.385. The van der Waals surface area contributed by atoms with Gasteiger partial charge in [0.2, 0.25) is 5.91 Å². The second kappa shape index (κ2) is 7.13. The fourth-order valence-electron chi connectivity index (χ4n) is 1.66. The molecule has 1 amide bonds. The molecule has 0 fully saturated rings. The Morgan fingerprint density at radius 3 is 2.68 bits per heavy atom. The third-order valence-electron chi connectivity index (χ3n) is 2.67. The highest BCUT2D eigenvalue weighted by Gasteiger charge is 2.14. The average Bonchev–Trinajstić information content (AvgIpc) is 2.31. The number of nitrogens with one attached hydrogen (secondary N) is 1. The number of carbonyl (C=O) groups is 1. The molecule has 0 bridgehead atoms. The van der Waals surface area contributed by atoms with Crippen molar-refractivity contribution in [2.24, 2.45) is 5.73 Å². The molecular weight excluding hydrogens is 270 g/mol. The zero-order valence-electron chi connectivity index (χ0n) is 10.6. The van der Waals surface area contributed by atoms with Gasteiger partial charge < -0.3 is 11.1 Å². The SMILES string of the molecule is CCC(CC(N)=S)NC(=O)Cc1ccc(F)cc1F. The van der Waals surface area contributed by atoms with E-state index in [1.807, 2.05) is 6.92 Å². The van der Waals surface area contributed by atoms with Gasteiger partial charge in [-0.25, -0.2) is 8.78 Å². The van der Waals surface area contributed by atoms with Crippen molar-refractivity contribution < 1.29 is 13.6 Å². The quantitative estimate of drug-likeness (QED) is 0.787. The third-order valence-corrected chi connectivity index (χ3v) is 2.84. The summed E-state index contributed by atoms with van der Waals surface area (Å²) in [6.07, 6.45) is 0.943. The largest absolute Gasteiger partial charge is 0.393 e. The van der Waals surface area contributed by atoms with E-state index in [1.165, 1.54) is 6.07 Å². The highest BCUT2D eigenvalue weighted by atomic mass is 32.1. The first-order valence-corrected chi connectivity index (χ1v) is 6.34. The van der Waals surface area contributed by atoms with Gasteiger partial charge in [-0.1, -0.05) is 25.2 Å². The molecule has 0 aromatic heterocycles. The molecule has 0 aliphatic heterocycles. The van der Waals surface area contributed by atoms with Gasteiger partial charge in [0.05, 0.1) is 11.4 Å². The Morgan fingerprint density at radius 2 is 2.16 bits per heavy atom. The van der Waals surface area contributed by atoms with Gasteiger partial charge >= 0.3 is 0 Å². The third kappa shape index (κ3) is 5.30. The normalized spacial score (nSPS) is 11.9. The van der Waals surface area contributed by atoms with Crippen molar-refractivity contribution in [3.63, 3.8) is 0 Å². The van der Waals surface area contributed by atoms with Gasteiger partial charge in [-0.15, -0.1) is 0 Å². The van der Waals surface area contributed by atoms with Gasteiger partial charge in [-0.05, 0) is 18.1 Å². The molecule has 0 aliphatic rings. The number of halogens is 2. The minimum Gasteiger partial charge on any atom is -0.393 e. The molecule has 3 N–H and O–H groups in total. The molecule has 3 nitrogen and oxygen atoms in total. The lowest BCUT2D eigenvalue weighted by Crippen LogP contribution is -2.38. The van der Waals surface area contributed by atoms with Crippen LogP contribution < -0.4 is 11.1 Å². The Bertz CT molecular complexity index is 480. The van der Waals surface area contributed by atoms with Crippen molar-refractivity contribution in [2.45, 2.75) is 32.2 Å². The monoisotopic (exact) mass is 286 g/mol. The van der Waals surface area contributed by atoms with Crippen LogP contribution in [-0.2, 0) is 11.2 Å². The number of rotatable bonds is 6. The summed E-state index contributed by atoms with van der Waals surface area (Å²) in [5.41, 5.74) is 5.57. The molecule has 0 spiro atoms. The van der Waals surface area contributed by atoms with Gasteiger partial charge in [0.25, 0.3) is 0 Å². The molecule has 0 radical (unpaired) electrons. The van der Waals surface area contributed by atoms with Crippen LogP contribution in [0.3, 0.4) is 0 Å². The summed E-state index contributed by atoms with van der Waals surface area (Å²) >= 11 is 4.78. The summed E-state index contributed by atoms with van der Waals surface area (Å²) < 4.78 is 26.1.